The van der Waals surface area contributed by atoms with Crippen LogP contribution in [0.2, 0.25) is 0 Å². The van der Waals surface area contributed by atoms with E-state index in [0.717, 1.165) is 31.4 Å². The second-order valence-electron chi connectivity index (χ2n) is 8.78. The van der Waals surface area contributed by atoms with Crippen LogP contribution < -0.4 is 9.46 Å². The highest BCUT2D eigenvalue weighted by atomic mass is 32.2. The van der Waals surface area contributed by atoms with Gasteiger partial charge in [-0.15, -0.1) is 0 Å². The third-order valence-electron chi connectivity index (χ3n) is 6.49. The average molecular weight is 437 g/mol. The van der Waals surface area contributed by atoms with E-state index in [1.807, 2.05) is 17.0 Å². The highest BCUT2D eigenvalue weighted by molar-refractivity contribution is 7.88. The zero-order chi connectivity index (χ0) is 21.1. The van der Waals surface area contributed by atoms with Gasteiger partial charge in [0, 0.05) is 19.0 Å². The van der Waals surface area contributed by atoms with E-state index < -0.39 is 10.0 Å². The third kappa shape index (κ3) is 5.34. The molecule has 0 radical (unpaired) electrons. The van der Waals surface area contributed by atoms with Crippen molar-refractivity contribution >= 4 is 15.9 Å². The number of ether oxygens (including phenoxy) is 2. The van der Waals surface area contributed by atoms with Crippen LogP contribution in [-0.2, 0) is 19.6 Å². The Kier molecular flexibility index (Phi) is 6.65. The number of carbonyl (C=O) groups excluding carboxylic acids is 1. The molecule has 1 amide bonds. The van der Waals surface area contributed by atoms with Crippen molar-refractivity contribution in [3.63, 3.8) is 0 Å². The molecule has 4 atom stereocenters. The second-order valence-corrected chi connectivity index (χ2v) is 10.6. The molecule has 4 bridgehead atoms. The molecule has 1 saturated carbocycles. The molecule has 1 aromatic carbocycles. The van der Waals surface area contributed by atoms with E-state index >= 15 is 0 Å². The van der Waals surface area contributed by atoms with E-state index in [9.17, 15) is 13.2 Å². The summed E-state index contributed by atoms with van der Waals surface area (Å²) in [6, 6.07) is 7.68. The van der Waals surface area contributed by atoms with Gasteiger partial charge in [-0.1, -0.05) is 12.1 Å². The van der Waals surface area contributed by atoms with Crippen molar-refractivity contribution < 1.29 is 22.7 Å². The van der Waals surface area contributed by atoms with Gasteiger partial charge in [-0.05, 0) is 62.1 Å². The summed E-state index contributed by atoms with van der Waals surface area (Å²) in [5, 5.41) is 0. The fourth-order valence-electron chi connectivity index (χ4n) is 5.03. The lowest BCUT2D eigenvalue weighted by atomic mass is 9.96. The molecule has 0 unspecified atom stereocenters. The molecule has 30 heavy (non-hydrogen) atoms. The molecule has 0 aromatic heterocycles. The normalized spacial score (nSPS) is 30.7. The van der Waals surface area contributed by atoms with E-state index in [1.54, 1.807) is 0 Å². The van der Waals surface area contributed by atoms with Crippen molar-refractivity contribution in [3.05, 3.63) is 29.8 Å². The second kappa shape index (κ2) is 9.24. The van der Waals surface area contributed by atoms with Crippen molar-refractivity contribution in [2.75, 3.05) is 26.0 Å². The predicted molar refractivity (Wildman–Crippen MR) is 114 cm³/mol. The van der Waals surface area contributed by atoms with Crippen molar-refractivity contribution in [3.8, 4) is 5.75 Å². The molecular weight excluding hydrogens is 404 g/mol. The topological polar surface area (TPSA) is 84.9 Å². The minimum atomic E-state index is -3.36. The maximum atomic E-state index is 13.0. The van der Waals surface area contributed by atoms with Gasteiger partial charge < -0.3 is 14.4 Å². The van der Waals surface area contributed by atoms with Crippen molar-refractivity contribution in [2.45, 2.75) is 69.1 Å². The average Bonchev–Trinajstić information content (AvgIpc) is 3.17. The first-order valence-electron chi connectivity index (χ1n) is 11.0. The maximum Gasteiger partial charge on any atom is 0.223 e. The summed E-state index contributed by atoms with van der Waals surface area (Å²) in [6.07, 6.45) is 6.78. The zero-order valence-corrected chi connectivity index (χ0v) is 18.4. The van der Waals surface area contributed by atoms with E-state index in [1.165, 1.54) is 11.8 Å². The first-order chi connectivity index (χ1) is 14.4. The van der Waals surface area contributed by atoms with Crippen LogP contribution in [0.25, 0.3) is 0 Å². The Bertz CT molecular complexity index is 859. The molecule has 1 aromatic rings. The Morgan fingerprint density at radius 3 is 2.87 bits per heavy atom. The molecule has 2 heterocycles. The van der Waals surface area contributed by atoms with Crippen LogP contribution in [0.4, 0.5) is 0 Å². The minimum Gasteiger partial charge on any atom is -0.494 e. The van der Waals surface area contributed by atoms with E-state index in [0.29, 0.717) is 44.9 Å². The number of hydrogen-bond donors (Lipinski definition) is 1. The number of amides is 1. The summed E-state index contributed by atoms with van der Waals surface area (Å²) in [6.45, 7) is 1.50. The van der Waals surface area contributed by atoms with Crippen molar-refractivity contribution in [1.82, 2.24) is 9.62 Å². The van der Waals surface area contributed by atoms with Crippen LogP contribution in [0.15, 0.2) is 24.3 Å². The lowest BCUT2D eigenvalue weighted by Gasteiger charge is -2.41. The first kappa shape index (κ1) is 21.6. The Morgan fingerprint density at radius 1 is 1.17 bits per heavy atom. The number of nitrogens with zero attached hydrogens (tertiary/aromatic N) is 1. The minimum absolute atomic E-state index is 0.0418. The van der Waals surface area contributed by atoms with Crippen LogP contribution in [-0.4, -0.2) is 63.4 Å². The smallest absolute Gasteiger partial charge is 0.223 e. The monoisotopic (exact) mass is 436 g/mol. The molecule has 166 valence electrons. The van der Waals surface area contributed by atoms with Crippen LogP contribution in [0.1, 0.15) is 56.4 Å². The van der Waals surface area contributed by atoms with Gasteiger partial charge in [-0.25, -0.2) is 13.1 Å². The standard InChI is InChI=1S/C22H32N2O5S/c1-30(26,27)23-20-7-3-11-24-21(20)15-29-19-10-9-17(14-19)16-5-2-6-18(13-16)28-12-4-8-22(24)25/h2,5-6,13,17,19-21,23H,3-4,7-12,14-15H2,1H3/t17-,19+,20-,21-/m0/s1. The van der Waals surface area contributed by atoms with Crippen LogP contribution in [0.5, 0.6) is 5.75 Å². The van der Waals surface area contributed by atoms with Crippen LogP contribution >= 0.6 is 0 Å². The molecule has 1 N–H and O–H groups in total. The third-order valence-corrected chi connectivity index (χ3v) is 7.22. The van der Waals surface area contributed by atoms with Crippen molar-refractivity contribution in [2.24, 2.45) is 0 Å². The summed E-state index contributed by atoms with van der Waals surface area (Å²) in [7, 11) is -3.36. The van der Waals surface area contributed by atoms with Crippen LogP contribution in [0, 0.1) is 0 Å². The number of hydrogen-bond acceptors (Lipinski definition) is 5. The molecule has 1 saturated heterocycles. The molecule has 2 fully saturated rings. The molecule has 4 rings (SSSR count). The maximum absolute atomic E-state index is 13.0. The summed E-state index contributed by atoms with van der Waals surface area (Å²) < 4.78 is 38.7. The Labute approximate surface area is 179 Å². The first-order valence-corrected chi connectivity index (χ1v) is 12.9. The highest BCUT2D eigenvalue weighted by Crippen LogP contribution is 2.37. The number of nitrogens with one attached hydrogen (secondary N) is 1. The van der Waals surface area contributed by atoms with Gasteiger partial charge in [-0.2, -0.15) is 0 Å². The summed E-state index contributed by atoms with van der Waals surface area (Å²) >= 11 is 0. The molecular formula is C22H32N2O5S. The quantitative estimate of drug-likeness (QED) is 0.770. The SMILES string of the molecule is CS(=O)(=O)N[C@H]1CCCN2C(=O)CCCOc3cccc(c3)[C@H]3CC[C@H](C3)OC[C@@H]12. The molecule has 7 nitrogen and oxygen atoms in total. The molecule has 0 spiro atoms. The number of benzene rings is 1. The summed E-state index contributed by atoms with van der Waals surface area (Å²) in [4.78, 5) is 14.8. The van der Waals surface area contributed by atoms with Gasteiger partial charge in [-0.3, -0.25) is 4.79 Å². The Balaban J connectivity index is 1.54. The molecule has 3 aliphatic rings. The molecule has 8 heteroatoms. The van der Waals surface area contributed by atoms with E-state index in [2.05, 4.69) is 16.9 Å². The lowest BCUT2D eigenvalue weighted by Crippen LogP contribution is -2.59. The highest BCUT2D eigenvalue weighted by Gasteiger charge is 2.37. The number of piperidine rings is 1. The van der Waals surface area contributed by atoms with E-state index in [-0.39, 0.29) is 24.1 Å². The zero-order valence-electron chi connectivity index (χ0n) is 17.6. The Hall–Kier alpha value is -1.64. The number of rotatable bonds is 2. The van der Waals surface area contributed by atoms with Gasteiger partial charge >= 0.3 is 0 Å². The van der Waals surface area contributed by atoms with Gasteiger partial charge in [0.15, 0.2) is 0 Å². The Morgan fingerprint density at radius 2 is 2.03 bits per heavy atom. The fraction of sp³-hybridized carbons (Fsp3) is 0.682. The molecule has 2 aliphatic heterocycles. The lowest BCUT2D eigenvalue weighted by molar-refractivity contribution is -0.138. The van der Waals surface area contributed by atoms with Crippen molar-refractivity contribution in [1.29, 1.82) is 0 Å². The van der Waals surface area contributed by atoms with Crippen LogP contribution in [0.3, 0.4) is 0 Å². The van der Waals surface area contributed by atoms with Gasteiger partial charge in [0.1, 0.15) is 5.75 Å². The number of sulfonamides is 1. The summed E-state index contributed by atoms with van der Waals surface area (Å²) in [5.74, 6) is 1.34. The van der Waals surface area contributed by atoms with Gasteiger partial charge in [0.05, 0.1) is 31.6 Å². The number of carbonyl (C=O) groups is 1. The van der Waals surface area contributed by atoms with E-state index in [4.69, 9.17) is 9.47 Å². The largest absolute Gasteiger partial charge is 0.494 e. The van der Waals surface area contributed by atoms with Gasteiger partial charge in [0.25, 0.3) is 0 Å². The predicted octanol–water partition coefficient (Wildman–Crippen LogP) is 2.42. The molecule has 1 aliphatic carbocycles. The fourth-order valence-corrected chi connectivity index (χ4v) is 5.85. The van der Waals surface area contributed by atoms with Gasteiger partial charge in [0.2, 0.25) is 15.9 Å². The number of fused-ring (bicyclic) bond motifs is 6. The summed E-state index contributed by atoms with van der Waals surface area (Å²) in [5.41, 5.74) is 1.28.